The standard InChI is InChI=1S/C12H13ClF3N3O2.2ClH/c13-10-2-1-8(19(20)21)7-9(10)11(12(14,15)16)18-5-3-17-4-6-18;;/h1-2,7,11,17H,3-6H2;2*1H/t11-;;/m1../s1. The van der Waals surface area contributed by atoms with Crippen molar-refractivity contribution in [2.75, 3.05) is 26.2 Å². The normalized spacial score (nSPS) is 16.9. The minimum atomic E-state index is -4.56. The molecule has 11 heteroatoms. The Labute approximate surface area is 148 Å². The zero-order valence-electron chi connectivity index (χ0n) is 11.7. The van der Waals surface area contributed by atoms with Crippen molar-refractivity contribution in [2.24, 2.45) is 0 Å². The molecule has 132 valence electrons. The number of alkyl halides is 3. The first-order valence-electron chi connectivity index (χ1n) is 6.26. The number of nitrogens with zero attached hydrogens (tertiary/aromatic N) is 2. The van der Waals surface area contributed by atoms with Gasteiger partial charge >= 0.3 is 6.18 Å². The molecule has 0 aliphatic carbocycles. The lowest BCUT2D eigenvalue weighted by Gasteiger charge is -2.36. The average Bonchev–Trinajstić information content (AvgIpc) is 2.40. The number of hydrogen-bond donors (Lipinski definition) is 1. The summed E-state index contributed by atoms with van der Waals surface area (Å²) >= 11 is 5.86. The average molecular weight is 397 g/mol. The predicted octanol–water partition coefficient (Wildman–Crippen LogP) is 3.60. The molecule has 1 aromatic carbocycles. The van der Waals surface area contributed by atoms with Gasteiger partial charge in [-0.15, -0.1) is 24.8 Å². The molecule has 0 bridgehead atoms. The van der Waals surface area contributed by atoms with Crippen LogP contribution in [0.2, 0.25) is 5.02 Å². The van der Waals surface area contributed by atoms with Crippen molar-refractivity contribution < 1.29 is 18.1 Å². The van der Waals surface area contributed by atoms with Crippen LogP contribution < -0.4 is 5.32 Å². The Hall–Kier alpha value is -0.800. The molecule has 1 N–H and O–H groups in total. The minimum Gasteiger partial charge on any atom is -0.314 e. The molecule has 0 amide bonds. The molecule has 23 heavy (non-hydrogen) atoms. The molecule has 0 saturated carbocycles. The van der Waals surface area contributed by atoms with E-state index in [1.807, 2.05) is 0 Å². The van der Waals surface area contributed by atoms with E-state index in [1.54, 1.807) is 0 Å². The Morgan fingerprint density at radius 3 is 2.30 bits per heavy atom. The SMILES string of the molecule is Cl.Cl.O=[N+]([O-])c1ccc(Cl)c([C@@H](N2CCNCC2)C(F)(F)F)c1. The van der Waals surface area contributed by atoms with Gasteiger partial charge in [0.15, 0.2) is 0 Å². The van der Waals surface area contributed by atoms with E-state index in [-0.39, 0.29) is 48.5 Å². The number of benzene rings is 1. The van der Waals surface area contributed by atoms with Crippen molar-refractivity contribution in [1.82, 2.24) is 10.2 Å². The molecule has 0 radical (unpaired) electrons. The molecule has 1 aliphatic rings. The molecule has 1 aromatic rings. The molecule has 1 fully saturated rings. The Bertz CT molecular complexity index is 540. The summed E-state index contributed by atoms with van der Waals surface area (Å²) in [5, 5.41) is 13.6. The number of non-ortho nitro benzene ring substituents is 1. The van der Waals surface area contributed by atoms with Gasteiger partial charge in [0.1, 0.15) is 6.04 Å². The lowest BCUT2D eigenvalue weighted by Crippen LogP contribution is -2.49. The molecule has 0 spiro atoms. The Kier molecular flexibility index (Phi) is 8.58. The van der Waals surface area contributed by atoms with Crippen LogP contribution in [0, 0.1) is 10.1 Å². The van der Waals surface area contributed by atoms with Crippen LogP contribution in [0.4, 0.5) is 18.9 Å². The van der Waals surface area contributed by atoms with Crippen LogP contribution in [0.5, 0.6) is 0 Å². The fourth-order valence-corrected chi connectivity index (χ4v) is 2.60. The molecule has 2 rings (SSSR count). The number of halogens is 6. The summed E-state index contributed by atoms with van der Waals surface area (Å²) in [5.41, 5.74) is -0.681. The van der Waals surface area contributed by atoms with Gasteiger partial charge in [-0.05, 0) is 6.07 Å². The summed E-state index contributed by atoms with van der Waals surface area (Å²) in [5.74, 6) is 0. The zero-order valence-corrected chi connectivity index (χ0v) is 14.1. The van der Waals surface area contributed by atoms with Crippen molar-refractivity contribution in [1.29, 1.82) is 0 Å². The Morgan fingerprint density at radius 2 is 1.83 bits per heavy atom. The van der Waals surface area contributed by atoms with Gasteiger partial charge in [-0.2, -0.15) is 13.2 Å². The third-order valence-electron chi connectivity index (χ3n) is 3.31. The van der Waals surface area contributed by atoms with Crippen LogP contribution in [0.15, 0.2) is 18.2 Å². The Morgan fingerprint density at radius 1 is 1.26 bits per heavy atom. The molecular weight excluding hydrogens is 382 g/mol. The van der Waals surface area contributed by atoms with Gasteiger partial charge < -0.3 is 5.32 Å². The highest BCUT2D eigenvalue weighted by molar-refractivity contribution is 6.31. The topological polar surface area (TPSA) is 58.4 Å². The lowest BCUT2D eigenvalue weighted by molar-refractivity contribution is -0.385. The van der Waals surface area contributed by atoms with E-state index < -0.39 is 22.8 Å². The third kappa shape index (κ3) is 5.36. The van der Waals surface area contributed by atoms with Gasteiger partial charge in [-0.1, -0.05) is 11.6 Å². The smallest absolute Gasteiger partial charge is 0.314 e. The van der Waals surface area contributed by atoms with Crippen molar-refractivity contribution in [3.63, 3.8) is 0 Å². The first kappa shape index (κ1) is 22.2. The first-order chi connectivity index (χ1) is 9.80. The second-order valence-corrected chi connectivity index (χ2v) is 5.10. The van der Waals surface area contributed by atoms with Crippen LogP contribution in [0.1, 0.15) is 11.6 Å². The van der Waals surface area contributed by atoms with Gasteiger partial charge in [0.25, 0.3) is 5.69 Å². The largest absolute Gasteiger partial charge is 0.408 e. The van der Waals surface area contributed by atoms with Gasteiger partial charge in [-0.3, -0.25) is 15.0 Å². The maximum Gasteiger partial charge on any atom is 0.408 e. The molecule has 1 heterocycles. The highest BCUT2D eigenvalue weighted by atomic mass is 35.5. The quantitative estimate of drug-likeness (QED) is 0.626. The van der Waals surface area contributed by atoms with Crippen molar-refractivity contribution in [2.45, 2.75) is 12.2 Å². The number of nitrogens with one attached hydrogen (secondary N) is 1. The highest BCUT2D eigenvalue weighted by Crippen LogP contribution is 2.41. The van der Waals surface area contributed by atoms with E-state index in [4.69, 9.17) is 11.6 Å². The van der Waals surface area contributed by atoms with E-state index in [9.17, 15) is 23.3 Å². The fourth-order valence-electron chi connectivity index (χ4n) is 2.37. The highest BCUT2D eigenvalue weighted by Gasteiger charge is 2.46. The minimum absolute atomic E-state index is 0. The second-order valence-electron chi connectivity index (χ2n) is 4.69. The Balaban J connectivity index is 0.00000242. The fraction of sp³-hybridized carbons (Fsp3) is 0.500. The van der Waals surface area contributed by atoms with Crippen LogP contribution >= 0.6 is 36.4 Å². The summed E-state index contributed by atoms with van der Waals surface area (Å²) in [6.07, 6.45) is -4.56. The first-order valence-corrected chi connectivity index (χ1v) is 6.64. The predicted molar refractivity (Wildman–Crippen MR) is 85.8 cm³/mol. The van der Waals surface area contributed by atoms with Crippen molar-refractivity contribution in [3.05, 3.63) is 38.9 Å². The van der Waals surface area contributed by atoms with Gasteiger partial charge in [0, 0.05) is 48.9 Å². The molecule has 1 atom stereocenters. The summed E-state index contributed by atoms with van der Waals surface area (Å²) in [6, 6.07) is 1.20. The molecule has 0 unspecified atom stereocenters. The molecule has 1 saturated heterocycles. The van der Waals surface area contributed by atoms with Gasteiger partial charge in [-0.25, -0.2) is 0 Å². The number of nitro groups is 1. The summed E-state index contributed by atoms with van der Waals surface area (Å²) in [7, 11) is 0. The van der Waals surface area contributed by atoms with E-state index in [0.717, 1.165) is 18.2 Å². The van der Waals surface area contributed by atoms with Crippen LogP contribution in [-0.2, 0) is 0 Å². The molecule has 5 nitrogen and oxygen atoms in total. The number of nitro benzene ring substituents is 1. The van der Waals surface area contributed by atoms with Crippen LogP contribution in [0.3, 0.4) is 0 Å². The summed E-state index contributed by atoms with van der Waals surface area (Å²) in [4.78, 5) is 11.3. The number of rotatable bonds is 3. The van der Waals surface area contributed by atoms with Crippen LogP contribution in [-0.4, -0.2) is 42.2 Å². The molecular formula is C12H15Cl3F3N3O2. The summed E-state index contributed by atoms with van der Waals surface area (Å²) in [6.45, 7) is 1.25. The molecule has 1 aliphatic heterocycles. The van der Waals surface area contributed by atoms with Gasteiger partial charge in [0.2, 0.25) is 0 Å². The van der Waals surface area contributed by atoms with E-state index in [1.165, 1.54) is 4.90 Å². The van der Waals surface area contributed by atoms with Crippen LogP contribution in [0.25, 0.3) is 0 Å². The summed E-state index contributed by atoms with van der Waals surface area (Å²) < 4.78 is 40.2. The van der Waals surface area contributed by atoms with E-state index >= 15 is 0 Å². The van der Waals surface area contributed by atoms with Crippen molar-refractivity contribution >= 4 is 42.1 Å². The molecule has 0 aromatic heterocycles. The maximum atomic E-state index is 13.4. The third-order valence-corrected chi connectivity index (χ3v) is 3.66. The van der Waals surface area contributed by atoms with Crippen molar-refractivity contribution in [3.8, 4) is 0 Å². The monoisotopic (exact) mass is 395 g/mol. The maximum absolute atomic E-state index is 13.4. The number of piperazine rings is 1. The number of hydrogen-bond acceptors (Lipinski definition) is 4. The van der Waals surface area contributed by atoms with E-state index in [2.05, 4.69) is 5.32 Å². The lowest BCUT2D eigenvalue weighted by atomic mass is 10.0. The van der Waals surface area contributed by atoms with E-state index in [0.29, 0.717) is 13.1 Å². The second kappa shape index (κ2) is 8.89. The zero-order chi connectivity index (χ0) is 15.6. The van der Waals surface area contributed by atoms with Gasteiger partial charge in [0.05, 0.1) is 4.92 Å².